The van der Waals surface area contributed by atoms with Gasteiger partial charge in [-0.15, -0.1) is 0 Å². The molecular weight excluding hydrogens is 246 g/mol. The fourth-order valence-electron chi connectivity index (χ4n) is 2.41. The van der Waals surface area contributed by atoms with Crippen molar-refractivity contribution in [1.82, 2.24) is 4.90 Å². The number of nitrogens with zero attached hydrogens (tertiary/aromatic N) is 1. The first-order valence-corrected chi connectivity index (χ1v) is 7.16. The number of hydrogen-bond donors (Lipinski definition) is 1. The van der Waals surface area contributed by atoms with Crippen LogP contribution in [0.1, 0.15) is 19.8 Å². The smallest absolute Gasteiger partial charge is 0.0900 e. The van der Waals surface area contributed by atoms with Crippen LogP contribution in [0, 0.1) is 5.92 Å². The maximum Gasteiger partial charge on any atom is 0.0900 e. The fourth-order valence-corrected chi connectivity index (χ4v) is 2.41. The van der Waals surface area contributed by atoms with Gasteiger partial charge in [-0.25, -0.2) is 0 Å². The molecule has 5 nitrogen and oxygen atoms in total. The summed E-state index contributed by atoms with van der Waals surface area (Å²) >= 11 is 0. The molecule has 19 heavy (non-hydrogen) atoms. The second kappa shape index (κ2) is 9.66. The summed E-state index contributed by atoms with van der Waals surface area (Å²) in [5.74, 6) is 0.694. The summed E-state index contributed by atoms with van der Waals surface area (Å²) in [7, 11) is 3.70. The first-order chi connectivity index (χ1) is 9.11. The van der Waals surface area contributed by atoms with E-state index in [1.54, 1.807) is 7.11 Å². The van der Waals surface area contributed by atoms with Crippen molar-refractivity contribution >= 4 is 0 Å². The van der Waals surface area contributed by atoms with Crippen LogP contribution < -0.4 is 0 Å². The molecule has 1 aliphatic rings. The Labute approximate surface area is 116 Å². The third kappa shape index (κ3) is 7.84. The first-order valence-electron chi connectivity index (χ1n) is 7.16. The van der Waals surface area contributed by atoms with E-state index in [0.717, 1.165) is 32.6 Å². The van der Waals surface area contributed by atoms with Gasteiger partial charge in [0.2, 0.25) is 0 Å². The number of aliphatic hydroxyl groups is 1. The first kappa shape index (κ1) is 16.9. The Morgan fingerprint density at radius 2 is 2.00 bits per heavy atom. The Balaban J connectivity index is 2.10. The third-order valence-electron chi connectivity index (χ3n) is 3.41. The van der Waals surface area contributed by atoms with Crippen LogP contribution >= 0.6 is 0 Å². The molecule has 1 heterocycles. The molecule has 1 aliphatic heterocycles. The molecule has 2 unspecified atom stereocenters. The highest BCUT2D eigenvalue weighted by molar-refractivity contribution is 4.69. The zero-order chi connectivity index (χ0) is 14.1. The van der Waals surface area contributed by atoms with Gasteiger partial charge in [-0.3, -0.25) is 0 Å². The van der Waals surface area contributed by atoms with Crippen molar-refractivity contribution in [3.8, 4) is 0 Å². The summed E-state index contributed by atoms with van der Waals surface area (Å²) in [6.07, 6.45) is 1.84. The molecule has 0 bridgehead atoms. The molecule has 0 radical (unpaired) electrons. The number of hydrogen-bond acceptors (Lipinski definition) is 5. The minimum atomic E-state index is -0.441. The fraction of sp³-hybridized carbons (Fsp3) is 1.00. The SMILES string of the molecule is COCC(C)OCC(O)CN(C)CC1CCOCC1. The van der Waals surface area contributed by atoms with Gasteiger partial charge in [0.25, 0.3) is 0 Å². The van der Waals surface area contributed by atoms with Gasteiger partial charge in [0, 0.05) is 33.4 Å². The van der Waals surface area contributed by atoms with E-state index in [4.69, 9.17) is 14.2 Å². The molecule has 0 aliphatic carbocycles. The molecule has 0 spiro atoms. The van der Waals surface area contributed by atoms with Crippen LogP contribution in [0.3, 0.4) is 0 Å². The molecule has 1 saturated heterocycles. The lowest BCUT2D eigenvalue weighted by Crippen LogP contribution is -2.37. The number of methoxy groups -OCH3 is 1. The summed E-state index contributed by atoms with van der Waals surface area (Å²) in [4.78, 5) is 2.19. The topological polar surface area (TPSA) is 51.2 Å². The molecule has 0 saturated carbocycles. The molecule has 1 fully saturated rings. The Morgan fingerprint density at radius 1 is 1.32 bits per heavy atom. The molecular formula is C14H29NO4. The van der Waals surface area contributed by atoms with Crippen LogP contribution in [0.2, 0.25) is 0 Å². The second-order valence-corrected chi connectivity index (χ2v) is 5.53. The Morgan fingerprint density at radius 3 is 2.63 bits per heavy atom. The van der Waals surface area contributed by atoms with Gasteiger partial charge in [-0.1, -0.05) is 0 Å². The summed E-state index contributed by atoms with van der Waals surface area (Å²) < 4.78 is 15.9. The quantitative estimate of drug-likeness (QED) is 0.673. The van der Waals surface area contributed by atoms with Crippen molar-refractivity contribution in [2.75, 3.05) is 53.7 Å². The van der Waals surface area contributed by atoms with Gasteiger partial charge in [-0.05, 0) is 32.7 Å². The zero-order valence-corrected chi connectivity index (χ0v) is 12.5. The average molecular weight is 275 g/mol. The number of rotatable bonds is 9. The Bertz CT molecular complexity index is 221. The van der Waals surface area contributed by atoms with Crippen LogP contribution in [-0.4, -0.2) is 75.9 Å². The van der Waals surface area contributed by atoms with Crippen LogP contribution in [0.4, 0.5) is 0 Å². The van der Waals surface area contributed by atoms with Crippen LogP contribution in [-0.2, 0) is 14.2 Å². The van der Waals surface area contributed by atoms with Gasteiger partial charge < -0.3 is 24.2 Å². The van der Waals surface area contributed by atoms with Crippen LogP contribution in [0.5, 0.6) is 0 Å². The monoisotopic (exact) mass is 275 g/mol. The molecule has 0 aromatic carbocycles. The molecule has 1 N–H and O–H groups in total. The molecule has 0 aromatic rings. The van der Waals surface area contributed by atoms with Gasteiger partial charge in [-0.2, -0.15) is 0 Å². The maximum absolute atomic E-state index is 9.93. The maximum atomic E-state index is 9.93. The second-order valence-electron chi connectivity index (χ2n) is 5.53. The van der Waals surface area contributed by atoms with Crippen molar-refractivity contribution in [3.63, 3.8) is 0 Å². The predicted octanol–water partition coefficient (Wildman–Crippen LogP) is 0.757. The van der Waals surface area contributed by atoms with Crippen LogP contribution in [0.15, 0.2) is 0 Å². The summed E-state index contributed by atoms with van der Waals surface area (Å²) in [5, 5.41) is 9.93. The van der Waals surface area contributed by atoms with Crippen LogP contribution in [0.25, 0.3) is 0 Å². The van der Waals surface area contributed by atoms with Crippen molar-refractivity contribution < 1.29 is 19.3 Å². The summed E-state index contributed by atoms with van der Waals surface area (Å²) in [6, 6.07) is 0. The molecule has 114 valence electrons. The third-order valence-corrected chi connectivity index (χ3v) is 3.41. The number of ether oxygens (including phenoxy) is 3. The van der Waals surface area contributed by atoms with Gasteiger partial charge in [0.05, 0.1) is 25.4 Å². The summed E-state index contributed by atoms with van der Waals surface area (Å²) in [6.45, 7) is 6.29. The van der Waals surface area contributed by atoms with Crippen molar-refractivity contribution in [2.24, 2.45) is 5.92 Å². The molecule has 1 rings (SSSR count). The average Bonchev–Trinajstić information content (AvgIpc) is 2.38. The summed E-state index contributed by atoms with van der Waals surface area (Å²) in [5.41, 5.74) is 0. The zero-order valence-electron chi connectivity index (χ0n) is 12.5. The highest BCUT2D eigenvalue weighted by atomic mass is 16.5. The van der Waals surface area contributed by atoms with E-state index in [0.29, 0.717) is 25.7 Å². The molecule has 0 amide bonds. The van der Waals surface area contributed by atoms with E-state index in [2.05, 4.69) is 11.9 Å². The Hall–Kier alpha value is -0.200. The number of aliphatic hydroxyl groups excluding tert-OH is 1. The highest BCUT2D eigenvalue weighted by Crippen LogP contribution is 2.15. The van der Waals surface area contributed by atoms with E-state index in [1.807, 2.05) is 6.92 Å². The lowest BCUT2D eigenvalue weighted by atomic mass is 10.00. The normalized spacial score (nSPS) is 20.7. The molecule has 0 aromatic heterocycles. The van der Waals surface area contributed by atoms with Gasteiger partial charge in [0.15, 0.2) is 0 Å². The minimum Gasteiger partial charge on any atom is -0.389 e. The minimum absolute atomic E-state index is 0.0282. The van der Waals surface area contributed by atoms with Gasteiger partial charge >= 0.3 is 0 Å². The van der Waals surface area contributed by atoms with Crippen molar-refractivity contribution in [1.29, 1.82) is 0 Å². The highest BCUT2D eigenvalue weighted by Gasteiger charge is 2.17. The van der Waals surface area contributed by atoms with E-state index >= 15 is 0 Å². The molecule has 2 atom stereocenters. The van der Waals surface area contributed by atoms with E-state index in [1.165, 1.54) is 0 Å². The lowest BCUT2D eigenvalue weighted by Gasteiger charge is -2.28. The molecule has 5 heteroatoms. The van der Waals surface area contributed by atoms with Crippen molar-refractivity contribution in [3.05, 3.63) is 0 Å². The standard InChI is InChI=1S/C14H29NO4/c1-12(10-17-3)19-11-14(16)9-15(2)8-13-4-6-18-7-5-13/h12-14,16H,4-11H2,1-3H3. The van der Waals surface area contributed by atoms with E-state index in [-0.39, 0.29) is 6.10 Å². The predicted molar refractivity (Wildman–Crippen MR) is 74.3 cm³/mol. The lowest BCUT2D eigenvalue weighted by molar-refractivity contribution is -0.0399. The largest absolute Gasteiger partial charge is 0.389 e. The van der Waals surface area contributed by atoms with E-state index in [9.17, 15) is 5.11 Å². The van der Waals surface area contributed by atoms with Gasteiger partial charge in [0.1, 0.15) is 0 Å². The van der Waals surface area contributed by atoms with E-state index < -0.39 is 6.10 Å². The Kier molecular flexibility index (Phi) is 8.57. The van der Waals surface area contributed by atoms with Crippen molar-refractivity contribution in [2.45, 2.75) is 32.0 Å². The number of likely N-dealkylation sites (N-methyl/N-ethyl adjacent to an activating group) is 1.